The SMILES string of the molecule is CC1=NC(N)=CCN=C1c1[c-]cc(C(F)(F)P)cc1.CCCCCCC(C)CC.CCCO.[U]. The van der Waals surface area contributed by atoms with Gasteiger partial charge in [0.25, 0.3) is 5.66 Å². The Labute approximate surface area is 232 Å². The number of rotatable bonds is 9. The van der Waals surface area contributed by atoms with Gasteiger partial charge in [0.05, 0.1) is 6.54 Å². The van der Waals surface area contributed by atoms with Crippen molar-refractivity contribution in [1.82, 2.24) is 0 Å². The fourth-order valence-electron chi connectivity index (χ4n) is 2.82. The summed E-state index contributed by atoms with van der Waals surface area (Å²) in [4.78, 5) is 8.48. The fraction of sp³-hybridized carbons (Fsp3) is 0.615. The van der Waals surface area contributed by atoms with Gasteiger partial charge in [-0.2, -0.15) is 0 Å². The van der Waals surface area contributed by atoms with Gasteiger partial charge in [0.1, 0.15) is 5.82 Å². The van der Waals surface area contributed by atoms with Crippen LogP contribution in [-0.2, 0) is 5.66 Å². The molecule has 0 fully saturated rings. The van der Waals surface area contributed by atoms with E-state index in [4.69, 9.17) is 10.8 Å². The molecule has 4 nitrogen and oxygen atoms in total. The minimum atomic E-state index is -2.95. The first-order valence-electron chi connectivity index (χ1n) is 12.0. The third-order valence-corrected chi connectivity index (χ3v) is 5.45. The first-order chi connectivity index (χ1) is 15.6. The molecule has 0 saturated heterocycles. The molecule has 2 unspecified atom stereocenters. The Morgan fingerprint density at radius 2 is 1.82 bits per heavy atom. The van der Waals surface area contributed by atoms with E-state index in [-0.39, 0.29) is 36.7 Å². The Kier molecular flexibility index (Phi) is 21.5. The smallest absolute Gasteiger partial charge is 0.253 e. The second kappa shape index (κ2) is 20.6. The molecular weight excluding hydrogens is 677 g/mol. The molecule has 2 rings (SSSR count). The zero-order valence-electron chi connectivity index (χ0n) is 21.5. The molecule has 1 aliphatic heterocycles. The zero-order chi connectivity index (χ0) is 25.3. The zero-order valence-corrected chi connectivity index (χ0v) is 26.8. The first kappa shape index (κ1) is 35.6. The van der Waals surface area contributed by atoms with Crippen molar-refractivity contribution in [3.05, 3.63) is 47.3 Å². The number of nitrogens with zero attached hydrogens (tertiary/aromatic N) is 2. The molecule has 1 aromatic rings. The molecule has 0 bridgehead atoms. The van der Waals surface area contributed by atoms with Crippen LogP contribution in [0.3, 0.4) is 0 Å². The summed E-state index contributed by atoms with van der Waals surface area (Å²) in [7, 11) is 1.50. The van der Waals surface area contributed by atoms with Crippen molar-refractivity contribution < 1.29 is 45.0 Å². The number of aliphatic imine (C=N–C) groups is 2. The largest absolute Gasteiger partial charge is 0.396 e. The minimum absolute atomic E-state index is 0. The molecule has 1 aliphatic rings. The third kappa shape index (κ3) is 16.1. The maximum Gasteiger partial charge on any atom is 0.253 e. The van der Waals surface area contributed by atoms with Crippen LogP contribution < -0.4 is 5.73 Å². The van der Waals surface area contributed by atoms with E-state index >= 15 is 0 Å². The van der Waals surface area contributed by atoms with E-state index in [9.17, 15) is 8.78 Å². The number of aliphatic hydroxyl groups is 1. The molecule has 0 saturated carbocycles. The summed E-state index contributed by atoms with van der Waals surface area (Å²) in [5, 5.41) is 7.88. The van der Waals surface area contributed by atoms with Gasteiger partial charge >= 0.3 is 0 Å². The van der Waals surface area contributed by atoms with Gasteiger partial charge in [-0.3, -0.25) is 0 Å². The molecular formula is C26H43F2N3OPU-. The van der Waals surface area contributed by atoms with Crippen molar-refractivity contribution in [2.45, 2.75) is 85.2 Å². The Bertz CT molecular complexity index is 745. The van der Waals surface area contributed by atoms with Gasteiger partial charge in [0, 0.05) is 49.1 Å². The molecule has 2 atom stereocenters. The second-order valence-corrected chi connectivity index (χ2v) is 8.94. The van der Waals surface area contributed by atoms with Gasteiger partial charge in [-0.25, -0.2) is 13.8 Å². The van der Waals surface area contributed by atoms with Crippen LogP contribution in [0.15, 0.2) is 40.1 Å². The maximum absolute atomic E-state index is 13.1. The predicted octanol–water partition coefficient (Wildman–Crippen LogP) is 6.87. The quantitative estimate of drug-likeness (QED) is 0.166. The van der Waals surface area contributed by atoms with E-state index in [2.05, 4.69) is 36.8 Å². The van der Waals surface area contributed by atoms with E-state index in [1.165, 1.54) is 59.9 Å². The van der Waals surface area contributed by atoms with E-state index < -0.39 is 5.66 Å². The number of halogens is 2. The Morgan fingerprint density at radius 3 is 2.29 bits per heavy atom. The molecule has 0 amide bonds. The van der Waals surface area contributed by atoms with Crippen LogP contribution in [-0.4, -0.2) is 29.7 Å². The molecule has 0 radical (unpaired) electrons. The molecule has 192 valence electrons. The van der Waals surface area contributed by atoms with Gasteiger partial charge in [-0.05, 0) is 25.3 Å². The molecule has 8 heteroatoms. The fourth-order valence-corrected chi connectivity index (χ4v) is 3.00. The average molecular weight is 721 g/mol. The van der Waals surface area contributed by atoms with E-state index in [0.717, 1.165) is 12.3 Å². The van der Waals surface area contributed by atoms with Gasteiger partial charge in [0.15, 0.2) is 0 Å². The molecule has 0 aromatic heterocycles. The topological polar surface area (TPSA) is 71.0 Å². The monoisotopic (exact) mass is 720 g/mol. The number of unbranched alkanes of at least 4 members (excludes halogenated alkanes) is 3. The normalized spacial score (nSPS) is 14.0. The average Bonchev–Trinajstić information content (AvgIpc) is 2.96. The minimum Gasteiger partial charge on any atom is -0.396 e. The van der Waals surface area contributed by atoms with Gasteiger partial charge in [-0.1, -0.05) is 81.0 Å². The summed E-state index contributed by atoms with van der Waals surface area (Å²) in [5.74, 6) is 1.36. The van der Waals surface area contributed by atoms with E-state index in [0.29, 0.717) is 36.0 Å². The van der Waals surface area contributed by atoms with Gasteiger partial charge in [0.2, 0.25) is 0 Å². The molecule has 0 aliphatic carbocycles. The maximum atomic E-state index is 13.1. The van der Waals surface area contributed by atoms with Crippen LogP contribution >= 0.6 is 9.24 Å². The summed E-state index contributed by atoms with van der Waals surface area (Å²) >= 11 is 0. The summed E-state index contributed by atoms with van der Waals surface area (Å²) in [6, 6.07) is 7.00. The third-order valence-electron chi connectivity index (χ3n) is 5.11. The van der Waals surface area contributed by atoms with E-state index in [1.54, 1.807) is 19.1 Å². The Morgan fingerprint density at radius 1 is 1.18 bits per heavy atom. The number of aliphatic hydroxyl groups excluding tert-OH is 1. The second-order valence-electron chi connectivity index (χ2n) is 8.22. The van der Waals surface area contributed by atoms with Gasteiger partial charge in [-0.15, -0.1) is 29.8 Å². The number of benzene rings is 1. The number of alkyl halides is 2. The van der Waals surface area contributed by atoms with Crippen LogP contribution in [0.25, 0.3) is 0 Å². The van der Waals surface area contributed by atoms with Crippen LogP contribution in [0.1, 0.15) is 90.7 Å². The van der Waals surface area contributed by atoms with Crippen molar-refractivity contribution in [1.29, 1.82) is 0 Å². The number of hydrogen-bond donors (Lipinski definition) is 2. The summed E-state index contributed by atoms with van der Waals surface area (Å²) < 4.78 is 26.2. The van der Waals surface area contributed by atoms with Crippen molar-refractivity contribution >= 4 is 20.7 Å². The van der Waals surface area contributed by atoms with Crippen molar-refractivity contribution in [3.8, 4) is 0 Å². The Balaban J connectivity index is 0. The predicted molar refractivity (Wildman–Crippen MR) is 141 cm³/mol. The molecule has 1 heterocycles. The van der Waals surface area contributed by atoms with Crippen LogP contribution in [0.5, 0.6) is 0 Å². The van der Waals surface area contributed by atoms with Crippen LogP contribution in [0, 0.1) is 43.1 Å². The standard InChI is InChI=1S/C13H13F2N3P.C10H22.C3H8O.U/c1-8-12(17-7-6-11(16)18-8)9-2-4-10(5-3-9)13(14,15)19;1-4-6-7-8-9-10(3)5-2;1-2-3-4;/h2,4-6H,7,16,19H2,1H3;10H,4-9H2,1-3H3;4H,2-3H2,1H3;/q-1;;;. The first-order valence-corrected chi connectivity index (χ1v) is 12.5. The number of hydrogen-bond acceptors (Lipinski definition) is 4. The molecule has 3 N–H and O–H groups in total. The Hall–Kier alpha value is -0.598. The molecule has 1 aromatic carbocycles. The van der Waals surface area contributed by atoms with Gasteiger partial charge < -0.3 is 15.8 Å². The summed E-state index contributed by atoms with van der Waals surface area (Å²) in [6.07, 6.45) is 11.0. The molecule has 34 heavy (non-hydrogen) atoms. The van der Waals surface area contributed by atoms with Crippen LogP contribution in [0.2, 0.25) is 0 Å². The number of nitrogens with two attached hydrogens (primary N) is 1. The van der Waals surface area contributed by atoms with Crippen LogP contribution in [0.4, 0.5) is 8.78 Å². The molecule has 0 spiro atoms. The van der Waals surface area contributed by atoms with Crippen molar-refractivity contribution in [3.63, 3.8) is 0 Å². The summed E-state index contributed by atoms with van der Waals surface area (Å²) in [6.45, 7) is 11.3. The van der Waals surface area contributed by atoms with E-state index in [1.807, 2.05) is 6.92 Å². The van der Waals surface area contributed by atoms with Crippen molar-refractivity contribution in [2.24, 2.45) is 21.6 Å². The summed E-state index contributed by atoms with van der Waals surface area (Å²) in [5.41, 5.74) is 4.47. The van der Waals surface area contributed by atoms with Crippen molar-refractivity contribution in [2.75, 3.05) is 13.2 Å².